The Bertz CT molecular complexity index is 647. The molecule has 7 heteroatoms. The molecule has 0 amide bonds. The molecule has 2 aromatic rings. The number of nitrogen functional groups attached to an aromatic ring is 1. The number of benzene rings is 1. The van der Waals surface area contributed by atoms with Crippen LogP contribution >= 0.6 is 15.9 Å². The van der Waals surface area contributed by atoms with Crippen LogP contribution in [0.2, 0.25) is 0 Å². The van der Waals surface area contributed by atoms with Crippen molar-refractivity contribution in [1.29, 1.82) is 0 Å². The molecule has 3 N–H and O–H groups in total. The van der Waals surface area contributed by atoms with Crippen molar-refractivity contribution >= 4 is 21.6 Å². The number of nitrogens with two attached hydrogens (primary N) is 1. The first-order valence-corrected chi connectivity index (χ1v) is 6.17. The van der Waals surface area contributed by atoms with E-state index < -0.39 is 5.56 Å². The summed E-state index contributed by atoms with van der Waals surface area (Å²) < 4.78 is 11.4. The lowest BCUT2D eigenvalue weighted by Gasteiger charge is -2.12. The number of ether oxygens (including phenoxy) is 2. The third kappa shape index (κ3) is 2.70. The summed E-state index contributed by atoms with van der Waals surface area (Å²) in [5.41, 5.74) is 6.73. The van der Waals surface area contributed by atoms with Crippen molar-refractivity contribution in [2.24, 2.45) is 0 Å². The summed E-state index contributed by atoms with van der Waals surface area (Å²) in [7, 11) is 1.37. The van der Waals surface area contributed by atoms with Gasteiger partial charge in [0.1, 0.15) is 0 Å². The zero-order chi connectivity index (χ0) is 14.0. The number of rotatable bonds is 3. The van der Waals surface area contributed by atoms with Gasteiger partial charge >= 0.3 is 0 Å². The van der Waals surface area contributed by atoms with Gasteiger partial charge in [-0.25, -0.2) is 4.98 Å². The Morgan fingerprint density at radius 1 is 1.37 bits per heavy atom. The van der Waals surface area contributed by atoms with Gasteiger partial charge in [0.25, 0.3) is 11.4 Å². The minimum Gasteiger partial charge on any atom is -0.487 e. The van der Waals surface area contributed by atoms with E-state index in [1.165, 1.54) is 13.4 Å². The van der Waals surface area contributed by atoms with Crippen LogP contribution in [0.5, 0.6) is 17.4 Å². The number of hydrogen-bond donors (Lipinski definition) is 2. The van der Waals surface area contributed by atoms with Crippen LogP contribution in [0.1, 0.15) is 5.56 Å². The number of halogens is 1. The molecule has 0 bridgehead atoms. The largest absolute Gasteiger partial charge is 0.487 e. The molecule has 0 spiro atoms. The molecule has 19 heavy (non-hydrogen) atoms. The van der Waals surface area contributed by atoms with Crippen LogP contribution in [0.25, 0.3) is 0 Å². The van der Waals surface area contributed by atoms with Crippen molar-refractivity contribution in [3.63, 3.8) is 0 Å². The van der Waals surface area contributed by atoms with Crippen LogP contribution in [-0.4, -0.2) is 17.1 Å². The van der Waals surface area contributed by atoms with Crippen LogP contribution in [0.4, 0.5) is 5.69 Å². The molecule has 1 aromatic carbocycles. The summed E-state index contributed by atoms with van der Waals surface area (Å²) in [6.07, 6.45) is 1.24. The Morgan fingerprint density at radius 2 is 2.11 bits per heavy atom. The molecule has 1 heterocycles. The van der Waals surface area contributed by atoms with Crippen molar-refractivity contribution in [1.82, 2.24) is 9.97 Å². The highest BCUT2D eigenvalue weighted by molar-refractivity contribution is 9.10. The first kappa shape index (κ1) is 13.4. The number of hydrogen-bond acceptors (Lipinski definition) is 5. The Hall–Kier alpha value is -2.02. The smallest absolute Gasteiger partial charge is 0.297 e. The van der Waals surface area contributed by atoms with Gasteiger partial charge in [0.2, 0.25) is 5.75 Å². The van der Waals surface area contributed by atoms with E-state index in [9.17, 15) is 4.79 Å². The number of nitrogens with zero attached hydrogens (tertiary/aromatic N) is 1. The van der Waals surface area contributed by atoms with Crippen LogP contribution in [-0.2, 0) is 0 Å². The van der Waals surface area contributed by atoms with Crippen LogP contribution in [0.3, 0.4) is 0 Å². The number of H-pyrrole nitrogens is 1. The number of nitrogens with one attached hydrogen (secondary N) is 1. The molecule has 100 valence electrons. The van der Waals surface area contributed by atoms with Gasteiger partial charge in [-0.05, 0) is 24.6 Å². The number of aromatic amines is 1. The van der Waals surface area contributed by atoms with Gasteiger partial charge in [-0.1, -0.05) is 15.9 Å². The van der Waals surface area contributed by atoms with Gasteiger partial charge in [-0.3, -0.25) is 4.79 Å². The van der Waals surface area contributed by atoms with Crippen molar-refractivity contribution < 1.29 is 9.47 Å². The summed E-state index contributed by atoms with van der Waals surface area (Å²) >= 11 is 3.34. The van der Waals surface area contributed by atoms with Gasteiger partial charge in [-0.2, -0.15) is 0 Å². The average molecular weight is 326 g/mol. The van der Waals surface area contributed by atoms with E-state index in [2.05, 4.69) is 25.9 Å². The summed E-state index contributed by atoms with van der Waals surface area (Å²) in [6.45, 7) is 1.84. The lowest BCUT2D eigenvalue weighted by Crippen LogP contribution is -2.11. The van der Waals surface area contributed by atoms with E-state index in [0.29, 0.717) is 11.4 Å². The van der Waals surface area contributed by atoms with Crippen LogP contribution in [0.15, 0.2) is 27.7 Å². The Labute approximate surface area is 117 Å². The molecule has 0 aliphatic rings. The van der Waals surface area contributed by atoms with E-state index in [0.717, 1.165) is 10.0 Å². The second kappa shape index (κ2) is 5.31. The van der Waals surface area contributed by atoms with E-state index in [4.69, 9.17) is 15.2 Å². The maximum absolute atomic E-state index is 11.5. The molecule has 6 nitrogen and oxygen atoms in total. The van der Waals surface area contributed by atoms with Crippen molar-refractivity contribution in [2.75, 3.05) is 12.8 Å². The predicted octanol–water partition coefficient (Wildman–Crippen LogP) is 2.22. The molecular weight excluding hydrogens is 314 g/mol. The third-order valence-corrected chi connectivity index (χ3v) is 2.91. The summed E-state index contributed by atoms with van der Waals surface area (Å²) in [5, 5.41) is 0. The fourth-order valence-electron chi connectivity index (χ4n) is 1.62. The third-order valence-electron chi connectivity index (χ3n) is 2.45. The standard InChI is InChI=1S/C12H12BrN3O3/c1-6-3-7(13)4-8(14)9(6)19-12-10(18-2)11(17)15-5-16-12/h3-5H,14H2,1-2H3,(H,15,16,17). The Balaban J connectivity index is 2.48. The van der Waals surface area contributed by atoms with E-state index in [-0.39, 0.29) is 11.6 Å². The van der Waals surface area contributed by atoms with Gasteiger partial charge in [0.05, 0.1) is 19.1 Å². The normalized spacial score (nSPS) is 10.3. The first-order chi connectivity index (χ1) is 9.02. The van der Waals surface area contributed by atoms with Gasteiger partial charge in [0.15, 0.2) is 5.75 Å². The van der Waals surface area contributed by atoms with Crippen molar-refractivity contribution in [3.05, 3.63) is 38.9 Å². The van der Waals surface area contributed by atoms with E-state index in [1.54, 1.807) is 6.07 Å². The fourth-order valence-corrected chi connectivity index (χ4v) is 2.21. The minimum atomic E-state index is -0.416. The summed E-state index contributed by atoms with van der Waals surface area (Å²) in [5.74, 6) is 0.521. The van der Waals surface area contributed by atoms with Gasteiger partial charge in [-0.15, -0.1) is 0 Å². The number of aryl methyl sites for hydroxylation is 1. The molecule has 0 saturated heterocycles. The van der Waals surface area contributed by atoms with Crippen molar-refractivity contribution in [2.45, 2.75) is 6.92 Å². The SMILES string of the molecule is COc1c(Oc2c(C)cc(Br)cc2N)nc[nH]c1=O. The maximum atomic E-state index is 11.5. The van der Waals surface area contributed by atoms with Crippen LogP contribution in [0, 0.1) is 6.92 Å². The summed E-state index contributed by atoms with van der Waals surface area (Å²) in [4.78, 5) is 17.9. The van der Waals surface area contributed by atoms with Crippen LogP contribution < -0.4 is 20.8 Å². The molecule has 0 atom stereocenters. The molecular formula is C12H12BrN3O3. The molecule has 2 rings (SSSR count). The Kier molecular flexibility index (Phi) is 3.75. The second-order valence-electron chi connectivity index (χ2n) is 3.81. The van der Waals surface area contributed by atoms with Gasteiger partial charge in [0, 0.05) is 4.47 Å². The molecule has 0 aliphatic carbocycles. The molecule has 0 radical (unpaired) electrons. The number of anilines is 1. The minimum absolute atomic E-state index is 0.00391. The topological polar surface area (TPSA) is 90.2 Å². The first-order valence-electron chi connectivity index (χ1n) is 5.38. The highest BCUT2D eigenvalue weighted by Crippen LogP contribution is 2.35. The molecule has 0 unspecified atom stereocenters. The number of methoxy groups -OCH3 is 1. The zero-order valence-electron chi connectivity index (χ0n) is 10.4. The zero-order valence-corrected chi connectivity index (χ0v) is 11.9. The summed E-state index contributed by atoms with van der Waals surface area (Å²) in [6, 6.07) is 3.56. The monoisotopic (exact) mass is 325 g/mol. The lowest BCUT2D eigenvalue weighted by molar-refractivity contribution is 0.363. The second-order valence-corrected chi connectivity index (χ2v) is 4.73. The molecule has 0 aliphatic heterocycles. The quantitative estimate of drug-likeness (QED) is 0.844. The number of aromatic nitrogens is 2. The maximum Gasteiger partial charge on any atom is 0.297 e. The highest BCUT2D eigenvalue weighted by Gasteiger charge is 2.14. The predicted molar refractivity (Wildman–Crippen MR) is 74.8 cm³/mol. The molecule has 0 fully saturated rings. The Morgan fingerprint density at radius 3 is 2.74 bits per heavy atom. The van der Waals surface area contributed by atoms with E-state index in [1.807, 2.05) is 13.0 Å². The molecule has 1 aromatic heterocycles. The highest BCUT2D eigenvalue weighted by atomic mass is 79.9. The van der Waals surface area contributed by atoms with E-state index >= 15 is 0 Å². The fraction of sp³-hybridized carbons (Fsp3) is 0.167. The van der Waals surface area contributed by atoms with Crippen molar-refractivity contribution in [3.8, 4) is 17.4 Å². The van der Waals surface area contributed by atoms with Gasteiger partial charge < -0.3 is 20.2 Å². The lowest BCUT2D eigenvalue weighted by atomic mass is 10.2. The average Bonchev–Trinajstić information content (AvgIpc) is 2.34. The molecule has 0 saturated carbocycles.